The van der Waals surface area contributed by atoms with Gasteiger partial charge in [-0.2, -0.15) is 11.3 Å². The molecule has 0 atom stereocenters. The summed E-state index contributed by atoms with van der Waals surface area (Å²) in [6.07, 6.45) is 0.371. The topological polar surface area (TPSA) is 29.1 Å². The normalized spacial score (nSPS) is 10.2. The molecule has 1 aromatic carbocycles. The van der Waals surface area contributed by atoms with Crippen molar-refractivity contribution in [1.82, 2.24) is 0 Å². The van der Waals surface area contributed by atoms with Crippen LogP contribution in [0.5, 0.6) is 0 Å². The lowest BCUT2D eigenvalue weighted by atomic mass is 10.2. The van der Waals surface area contributed by atoms with Crippen molar-refractivity contribution in [2.45, 2.75) is 6.42 Å². The monoisotopic (exact) mass is 329 g/mol. The summed E-state index contributed by atoms with van der Waals surface area (Å²) in [5.41, 5.74) is 1.65. The molecule has 0 aliphatic rings. The summed E-state index contributed by atoms with van der Waals surface area (Å²) in [6, 6.07) is 7.30. The zero-order chi connectivity index (χ0) is 12.3. The van der Waals surface area contributed by atoms with Crippen LogP contribution < -0.4 is 5.32 Å². The second-order valence-electron chi connectivity index (χ2n) is 3.48. The van der Waals surface area contributed by atoms with Crippen LogP contribution >= 0.6 is 38.9 Å². The van der Waals surface area contributed by atoms with Gasteiger partial charge in [0.25, 0.3) is 0 Å². The number of nitrogens with one attached hydrogen (secondary N) is 1. The lowest BCUT2D eigenvalue weighted by molar-refractivity contribution is -0.115. The van der Waals surface area contributed by atoms with Gasteiger partial charge < -0.3 is 5.32 Å². The fraction of sp³-hybridized carbons (Fsp3) is 0.0833. The number of carbonyl (C=O) groups is 1. The fourth-order valence-corrected chi connectivity index (χ4v) is 2.75. The van der Waals surface area contributed by atoms with Gasteiger partial charge in [0.05, 0.1) is 17.1 Å². The van der Waals surface area contributed by atoms with Crippen LogP contribution in [0.2, 0.25) is 5.02 Å². The van der Waals surface area contributed by atoms with Gasteiger partial charge >= 0.3 is 0 Å². The molecule has 2 aromatic rings. The first kappa shape index (κ1) is 12.6. The van der Waals surface area contributed by atoms with Crippen molar-refractivity contribution >= 4 is 50.5 Å². The predicted molar refractivity (Wildman–Crippen MR) is 75.8 cm³/mol. The average Bonchev–Trinajstić information content (AvgIpc) is 2.75. The second kappa shape index (κ2) is 5.67. The van der Waals surface area contributed by atoms with Crippen LogP contribution in [0.25, 0.3) is 0 Å². The van der Waals surface area contributed by atoms with E-state index >= 15 is 0 Å². The molecule has 0 aliphatic heterocycles. The highest BCUT2D eigenvalue weighted by atomic mass is 79.9. The predicted octanol–water partition coefficient (Wildman–Crippen LogP) is 4.35. The van der Waals surface area contributed by atoms with E-state index in [9.17, 15) is 4.79 Å². The molecule has 5 heteroatoms. The standard InChI is InChI=1S/C12H9BrClNOS/c13-9-1-2-11(10(14)6-9)15-12(16)5-8-3-4-17-7-8/h1-4,6-7H,5H2,(H,15,16). The Morgan fingerprint density at radius 2 is 2.24 bits per heavy atom. The molecule has 1 heterocycles. The van der Waals surface area contributed by atoms with Crippen LogP contribution in [0.15, 0.2) is 39.5 Å². The molecule has 0 saturated heterocycles. The summed E-state index contributed by atoms with van der Waals surface area (Å²) in [7, 11) is 0. The Morgan fingerprint density at radius 3 is 2.88 bits per heavy atom. The fourth-order valence-electron chi connectivity index (χ4n) is 1.36. The van der Waals surface area contributed by atoms with Crippen molar-refractivity contribution in [3.63, 3.8) is 0 Å². The summed E-state index contributed by atoms with van der Waals surface area (Å²) in [5, 5.41) is 7.23. The van der Waals surface area contributed by atoms with Crippen LogP contribution in [-0.2, 0) is 11.2 Å². The molecule has 2 rings (SSSR count). The smallest absolute Gasteiger partial charge is 0.228 e. The highest BCUT2D eigenvalue weighted by Gasteiger charge is 2.07. The number of carbonyl (C=O) groups excluding carboxylic acids is 1. The molecule has 0 bridgehead atoms. The molecule has 1 aromatic heterocycles. The molecule has 88 valence electrons. The Hall–Kier alpha value is -0.840. The third kappa shape index (κ3) is 3.56. The first-order chi connectivity index (χ1) is 8.15. The quantitative estimate of drug-likeness (QED) is 0.891. The minimum Gasteiger partial charge on any atom is -0.324 e. The van der Waals surface area contributed by atoms with E-state index in [0.717, 1.165) is 10.0 Å². The maximum absolute atomic E-state index is 11.7. The summed E-state index contributed by atoms with van der Waals surface area (Å²) in [4.78, 5) is 11.7. The molecule has 2 nitrogen and oxygen atoms in total. The Balaban J connectivity index is 2.03. The van der Waals surface area contributed by atoms with E-state index in [1.807, 2.05) is 22.9 Å². The number of amides is 1. The lowest BCUT2D eigenvalue weighted by Crippen LogP contribution is -2.14. The first-order valence-corrected chi connectivity index (χ1v) is 7.02. The van der Waals surface area contributed by atoms with Gasteiger partial charge in [-0.15, -0.1) is 0 Å². The van der Waals surface area contributed by atoms with Crippen molar-refractivity contribution in [1.29, 1.82) is 0 Å². The molecule has 0 aliphatic carbocycles. The van der Waals surface area contributed by atoms with Crippen molar-refractivity contribution in [3.05, 3.63) is 50.1 Å². The molecule has 1 N–H and O–H groups in total. The van der Waals surface area contributed by atoms with E-state index in [4.69, 9.17) is 11.6 Å². The number of halogens is 2. The van der Waals surface area contributed by atoms with Gasteiger partial charge in [-0.1, -0.05) is 27.5 Å². The first-order valence-electron chi connectivity index (χ1n) is 4.91. The lowest BCUT2D eigenvalue weighted by Gasteiger charge is -2.06. The van der Waals surface area contributed by atoms with Gasteiger partial charge in [0.15, 0.2) is 0 Å². The van der Waals surface area contributed by atoms with Crippen molar-refractivity contribution in [2.75, 3.05) is 5.32 Å². The molecule has 0 unspecified atom stereocenters. The van der Waals surface area contributed by atoms with Crippen LogP contribution in [0.1, 0.15) is 5.56 Å². The van der Waals surface area contributed by atoms with E-state index in [1.54, 1.807) is 23.5 Å². The van der Waals surface area contributed by atoms with Crippen molar-refractivity contribution in [2.24, 2.45) is 0 Å². The van der Waals surface area contributed by atoms with Gasteiger partial charge in [0.2, 0.25) is 5.91 Å². The van der Waals surface area contributed by atoms with Gasteiger partial charge in [0.1, 0.15) is 0 Å². The zero-order valence-electron chi connectivity index (χ0n) is 8.74. The number of thiophene rings is 1. The van der Waals surface area contributed by atoms with Crippen molar-refractivity contribution < 1.29 is 4.79 Å². The molecular formula is C12H9BrClNOS. The number of hydrogen-bond acceptors (Lipinski definition) is 2. The minimum absolute atomic E-state index is 0.0624. The molecule has 0 saturated carbocycles. The third-order valence-electron chi connectivity index (χ3n) is 2.15. The minimum atomic E-state index is -0.0624. The van der Waals surface area contributed by atoms with Crippen LogP contribution in [0.3, 0.4) is 0 Å². The van der Waals surface area contributed by atoms with E-state index in [-0.39, 0.29) is 5.91 Å². The van der Waals surface area contributed by atoms with E-state index in [1.165, 1.54) is 0 Å². The van der Waals surface area contributed by atoms with Crippen molar-refractivity contribution in [3.8, 4) is 0 Å². The summed E-state index contributed by atoms with van der Waals surface area (Å²) in [5.74, 6) is -0.0624. The number of hydrogen-bond donors (Lipinski definition) is 1. The molecule has 0 fully saturated rings. The van der Waals surface area contributed by atoms with Gasteiger partial charge in [0, 0.05) is 4.47 Å². The average molecular weight is 331 g/mol. The van der Waals surface area contributed by atoms with Crippen LogP contribution in [0.4, 0.5) is 5.69 Å². The van der Waals surface area contributed by atoms with E-state index < -0.39 is 0 Å². The van der Waals surface area contributed by atoms with Crippen LogP contribution in [-0.4, -0.2) is 5.91 Å². The Kier molecular flexibility index (Phi) is 4.20. The highest BCUT2D eigenvalue weighted by Crippen LogP contribution is 2.25. The number of rotatable bonds is 3. The summed E-state index contributed by atoms with van der Waals surface area (Å²) >= 11 is 10.9. The largest absolute Gasteiger partial charge is 0.324 e. The molecule has 1 amide bonds. The maximum Gasteiger partial charge on any atom is 0.228 e. The highest BCUT2D eigenvalue weighted by molar-refractivity contribution is 9.10. The van der Waals surface area contributed by atoms with E-state index in [2.05, 4.69) is 21.2 Å². The van der Waals surface area contributed by atoms with Crippen LogP contribution in [0, 0.1) is 0 Å². The Bertz CT molecular complexity index is 527. The molecule has 0 spiro atoms. The summed E-state index contributed by atoms with van der Waals surface area (Å²) < 4.78 is 0.887. The second-order valence-corrected chi connectivity index (χ2v) is 5.58. The number of benzene rings is 1. The molecular weight excluding hydrogens is 322 g/mol. The molecule has 0 radical (unpaired) electrons. The number of anilines is 1. The van der Waals surface area contributed by atoms with Gasteiger partial charge in [-0.05, 0) is 40.6 Å². The maximum atomic E-state index is 11.7. The SMILES string of the molecule is O=C(Cc1ccsc1)Nc1ccc(Br)cc1Cl. The van der Waals surface area contributed by atoms with Gasteiger partial charge in [-0.25, -0.2) is 0 Å². The van der Waals surface area contributed by atoms with E-state index in [0.29, 0.717) is 17.1 Å². The third-order valence-corrected chi connectivity index (χ3v) is 3.69. The Morgan fingerprint density at radius 1 is 1.41 bits per heavy atom. The zero-order valence-corrected chi connectivity index (χ0v) is 11.9. The summed E-state index contributed by atoms with van der Waals surface area (Å²) in [6.45, 7) is 0. The van der Waals surface area contributed by atoms with Gasteiger partial charge in [-0.3, -0.25) is 4.79 Å². The Labute approximate surface area is 117 Å². The molecule has 17 heavy (non-hydrogen) atoms.